The van der Waals surface area contributed by atoms with E-state index in [2.05, 4.69) is 3.49 Å². The molecule has 0 atom stereocenters. The van der Waals surface area contributed by atoms with E-state index in [4.69, 9.17) is 18.8 Å². The molecule has 0 saturated carbocycles. The molecule has 0 spiro atoms. The van der Waals surface area contributed by atoms with E-state index < -0.39 is 20.9 Å². The molecule has 0 heterocycles. The van der Waals surface area contributed by atoms with Gasteiger partial charge in [-0.1, -0.05) is 0 Å². The van der Waals surface area contributed by atoms with Crippen LogP contribution in [0.5, 0.6) is 0 Å². The van der Waals surface area contributed by atoms with Crippen LogP contribution in [-0.2, 0) is 19.3 Å². The number of hydrogen-bond acceptors (Lipinski definition) is 8. The van der Waals surface area contributed by atoms with Crippen LogP contribution in [0.25, 0.3) is 0 Å². The van der Waals surface area contributed by atoms with Gasteiger partial charge in [-0.05, 0) is 0 Å². The van der Waals surface area contributed by atoms with Gasteiger partial charge in [0, 0.05) is 0 Å². The summed E-state index contributed by atoms with van der Waals surface area (Å²) in [6.07, 6.45) is 0. The van der Waals surface area contributed by atoms with E-state index >= 15 is 0 Å². The first kappa shape index (κ1) is 9.69. The molecule has 0 radical (unpaired) electrons. The SMILES string of the molecule is O=[N+]([O-])[O][Pt]([OH])([OH])([OH])([OH])[OH]. The van der Waals surface area contributed by atoms with E-state index in [1.807, 2.05) is 0 Å². The van der Waals surface area contributed by atoms with Gasteiger partial charge in [0.25, 0.3) is 0 Å². The topological polar surface area (TPSA) is 154 Å². The minimum absolute atomic E-state index is 1.94. The zero-order valence-corrected chi connectivity index (χ0v) is 6.50. The third-order valence-electron chi connectivity index (χ3n) is 0.176. The maximum atomic E-state index is 9.25. The molecular weight excluding hydrogens is 337 g/mol. The van der Waals surface area contributed by atoms with Crippen molar-refractivity contribution in [1.82, 2.24) is 0 Å². The Morgan fingerprint density at radius 2 is 1.50 bits per heavy atom. The average Bonchev–Trinajstić information content (AvgIpc) is 1.12. The molecule has 0 unspecified atom stereocenters. The molecule has 0 fully saturated rings. The van der Waals surface area contributed by atoms with Crippen LogP contribution in [0.4, 0.5) is 0 Å². The van der Waals surface area contributed by atoms with E-state index in [1.54, 1.807) is 0 Å². The molecule has 10 heavy (non-hydrogen) atoms. The van der Waals surface area contributed by atoms with Crippen LogP contribution in [0, 0.1) is 10.1 Å². The van der Waals surface area contributed by atoms with Crippen molar-refractivity contribution in [3.05, 3.63) is 10.1 Å². The van der Waals surface area contributed by atoms with Crippen molar-refractivity contribution in [3.63, 3.8) is 0 Å². The van der Waals surface area contributed by atoms with Gasteiger partial charge in [0.2, 0.25) is 0 Å². The Kier molecular flexibility index (Phi) is 1.42. The third-order valence-corrected chi connectivity index (χ3v) is 1.44. The average molecular weight is 342 g/mol. The summed E-state index contributed by atoms with van der Waals surface area (Å²) < 4.78 is 41.8. The molecule has 68 valence electrons. The Morgan fingerprint density at radius 3 is 1.50 bits per heavy atom. The van der Waals surface area contributed by atoms with Gasteiger partial charge in [-0.15, -0.1) is 0 Å². The Balaban J connectivity index is 4.59. The van der Waals surface area contributed by atoms with Crippen molar-refractivity contribution < 1.29 is 43.2 Å². The Labute approximate surface area is 54.0 Å². The van der Waals surface area contributed by atoms with Crippen molar-refractivity contribution in [2.24, 2.45) is 0 Å². The number of rotatable bonds is 2. The second-order valence-corrected chi connectivity index (χ2v) is 8.24. The Hall–Kier alpha value is -0.312. The molecule has 9 nitrogen and oxygen atoms in total. The van der Waals surface area contributed by atoms with E-state index in [1.165, 1.54) is 0 Å². The summed E-state index contributed by atoms with van der Waals surface area (Å²) in [5, 5.41) is 7.31. The minimum atomic E-state index is -8.51. The van der Waals surface area contributed by atoms with Crippen molar-refractivity contribution in [2.75, 3.05) is 0 Å². The Morgan fingerprint density at radius 1 is 1.20 bits per heavy atom. The molecule has 0 aromatic rings. The van der Waals surface area contributed by atoms with Crippen LogP contribution >= 0.6 is 0 Å². The van der Waals surface area contributed by atoms with Gasteiger partial charge in [0.1, 0.15) is 0 Å². The zero-order valence-electron chi connectivity index (χ0n) is 4.22. The van der Waals surface area contributed by atoms with Crippen molar-refractivity contribution in [1.29, 1.82) is 0 Å². The summed E-state index contributed by atoms with van der Waals surface area (Å²) in [6.45, 7) is 0. The fourth-order valence-electron chi connectivity index (χ4n) is 0.105. The van der Waals surface area contributed by atoms with Crippen LogP contribution in [0.1, 0.15) is 0 Å². The number of hydrogen-bond donors (Lipinski definition) is 5. The molecule has 0 rings (SSSR count). The van der Waals surface area contributed by atoms with E-state index in [0.29, 0.717) is 0 Å². The van der Waals surface area contributed by atoms with Gasteiger partial charge in [-0.2, -0.15) is 0 Å². The summed E-state index contributed by atoms with van der Waals surface area (Å²) >= 11 is -8.51. The predicted octanol–water partition coefficient (Wildman–Crippen LogP) is -3.13. The maximum absolute atomic E-state index is 9.25. The molecule has 0 bridgehead atoms. The third kappa shape index (κ3) is 7.69. The molecule has 0 aromatic heterocycles. The van der Waals surface area contributed by atoms with Crippen LogP contribution < -0.4 is 0 Å². The molecule has 0 aliphatic heterocycles. The standard InChI is InChI=1S/NO3.5H2O.Pt/c2-1(3)4;;;;;;/h;5*1H2;/q-1;;;;;;+6/p-5. The first-order valence-electron chi connectivity index (χ1n) is 1.38. The summed E-state index contributed by atoms with van der Waals surface area (Å²) in [6, 6.07) is 0. The monoisotopic (exact) mass is 342 g/mol. The van der Waals surface area contributed by atoms with Gasteiger partial charge >= 0.3 is 53.3 Å². The first-order chi connectivity index (χ1) is 3.89. The first-order valence-corrected chi connectivity index (χ1v) is 7.39. The van der Waals surface area contributed by atoms with Gasteiger partial charge in [0.15, 0.2) is 0 Å². The summed E-state index contributed by atoms with van der Waals surface area (Å²) in [5.41, 5.74) is 0. The van der Waals surface area contributed by atoms with Gasteiger partial charge in [0.05, 0.1) is 0 Å². The fraction of sp³-hybridized carbons (Fsp3) is 0. The summed E-state index contributed by atoms with van der Waals surface area (Å²) in [7, 11) is 0. The predicted molar refractivity (Wildman–Crippen MR) is 19.2 cm³/mol. The molecule has 0 aromatic carbocycles. The van der Waals surface area contributed by atoms with Crippen LogP contribution in [0.3, 0.4) is 0 Å². The summed E-state index contributed by atoms with van der Waals surface area (Å²) in [4.78, 5) is 9.25. The van der Waals surface area contributed by atoms with E-state index in [-0.39, 0.29) is 0 Å². The molecule has 0 saturated heterocycles. The Bertz CT molecular complexity index is 157. The van der Waals surface area contributed by atoms with Crippen molar-refractivity contribution >= 4 is 0 Å². The quantitative estimate of drug-likeness (QED) is 0.261. The van der Waals surface area contributed by atoms with Crippen LogP contribution in [-0.4, -0.2) is 23.9 Å². The molecular formula is H5NO8Pt. The molecule has 10 heteroatoms. The molecule has 0 aliphatic carbocycles. The second-order valence-electron chi connectivity index (χ2n) is 1.20. The normalized spacial score (nSPS) is 18.9. The molecule has 0 amide bonds. The van der Waals surface area contributed by atoms with Crippen molar-refractivity contribution in [3.8, 4) is 0 Å². The van der Waals surface area contributed by atoms with E-state index in [9.17, 15) is 10.1 Å². The number of nitrogens with zero attached hydrogens (tertiary/aromatic N) is 1. The van der Waals surface area contributed by atoms with Gasteiger partial charge in [-0.3, -0.25) is 0 Å². The van der Waals surface area contributed by atoms with E-state index in [0.717, 1.165) is 0 Å². The van der Waals surface area contributed by atoms with Crippen LogP contribution in [0.15, 0.2) is 0 Å². The van der Waals surface area contributed by atoms with Crippen LogP contribution in [0.2, 0.25) is 0 Å². The van der Waals surface area contributed by atoms with Gasteiger partial charge in [-0.25, -0.2) is 0 Å². The van der Waals surface area contributed by atoms with Gasteiger partial charge < -0.3 is 0 Å². The zero-order chi connectivity index (χ0) is 8.69. The fourth-order valence-corrected chi connectivity index (χ4v) is 0.863. The van der Waals surface area contributed by atoms with Crippen molar-refractivity contribution in [2.45, 2.75) is 0 Å². The molecule has 0 aliphatic rings. The molecule has 5 N–H and O–H groups in total. The second kappa shape index (κ2) is 1.47. The summed E-state index contributed by atoms with van der Waals surface area (Å²) in [5.74, 6) is 0.